The van der Waals surface area contributed by atoms with Crippen LogP contribution in [0.25, 0.3) is 0 Å². The molecule has 4 N–H and O–H groups in total. The van der Waals surface area contributed by atoms with Crippen LogP contribution in [-0.4, -0.2) is 30.6 Å². The molecule has 0 saturated heterocycles. The number of rotatable bonds is 4. The summed E-state index contributed by atoms with van der Waals surface area (Å²) < 4.78 is 1.61. The van der Waals surface area contributed by atoms with Crippen molar-refractivity contribution in [2.45, 2.75) is 29.1 Å². The minimum absolute atomic E-state index is 0.161. The lowest BCUT2D eigenvalue weighted by Gasteiger charge is -2.05. The van der Waals surface area contributed by atoms with Gasteiger partial charge in [0.2, 0.25) is 0 Å². The van der Waals surface area contributed by atoms with Gasteiger partial charge in [-0.3, -0.25) is 9.98 Å². The highest BCUT2D eigenvalue weighted by Gasteiger charge is 2.29. The Balaban J connectivity index is 1.98. The van der Waals surface area contributed by atoms with E-state index in [1.807, 2.05) is 0 Å². The van der Waals surface area contributed by atoms with Gasteiger partial charge in [-0.1, -0.05) is 0 Å². The molecule has 0 amide bonds. The largest absolute Gasteiger partial charge is 0.382 e. The molecule has 0 aliphatic heterocycles. The van der Waals surface area contributed by atoms with Gasteiger partial charge in [-0.25, -0.2) is 19.9 Å². The van der Waals surface area contributed by atoms with Crippen molar-refractivity contribution in [2.75, 3.05) is 0 Å². The molecule has 0 atom stereocenters. The Hall–Kier alpha value is -2.16. The summed E-state index contributed by atoms with van der Waals surface area (Å²) in [5.74, 6) is -0.161. The molecule has 0 aromatic carbocycles. The summed E-state index contributed by atoms with van der Waals surface area (Å²) in [5.41, 5.74) is 5.53. The third-order valence-electron chi connectivity index (χ3n) is 2.69. The van der Waals surface area contributed by atoms with E-state index in [1.54, 1.807) is 4.57 Å². The molecule has 1 aliphatic rings. The zero-order valence-corrected chi connectivity index (χ0v) is 10.6. The maximum absolute atomic E-state index is 11.7. The van der Waals surface area contributed by atoms with E-state index in [9.17, 15) is 4.79 Å². The number of aromatic amines is 1. The van der Waals surface area contributed by atoms with Crippen molar-refractivity contribution in [1.82, 2.24) is 24.7 Å². The number of nitrogen functional groups attached to an aromatic ring is 1. The highest BCUT2D eigenvalue weighted by atomic mass is 32.2. The Labute approximate surface area is 112 Å². The van der Waals surface area contributed by atoms with E-state index in [1.165, 1.54) is 24.2 Å². The van der Waals surface area contributed by atoms with Crippen molar-refractivity contribution in [3.8, 4) is 0 Å². The summed E-state index contributed by atoms with van der Waals surface area (Å²) in [6.45, 7) is 0. The summed E-state index contributed by atoms with van der Waals surface area (Å²) in [4.78, 5) is 19.8. The molecule has 0 bridgehead atoms. The smallest absolute Gasteiger partial charge is 0.344 e. The van der Waals surface area contributed by atoms with Crippen LogP contribution in [0.15, 0.2) is 27.4 Å². The number of hydrogen-bond donors (Lipinski definition) is 3. The first-order valence-corrected chi connectivity index (χ1v) is 6.48. The van der Waals surface area contributed by atoms with Crippen LogP contribution in [0.2, 0.25) is 0 Å². The standard InChI is InChI=1S/C10H11N7OS/c11-7(12)6-8(14-4-3-13-6)19-10-16-15-9(18)17(10)5-1-2-5/h3-5H,1-2H2,(H3,11,12)(H,15,18). The first-order valence-electron chi connectivity index (χ1n) is 5.67. The van der Waals surface area contributed by atoms with Crippen LogP contribution in [-0.2, 0) is 0 Å². The normalized spacial score (nSPS) is 14.5. The maximum atomic E-state index is 11.7. The Kier molecular flexibility index (Phi) is 2.82. The third-order valence-corrected chi connectivity index (χ3v) is 3.65. The molecule has 0 unspecified atom stereocenters. The maximum Gasteiger partial charge on any atom is 0.344 e. The Morgan fingerprint density at radius 3 is 2.89 bits per heavy atom. The van der Waals surface area contributed by atoms with Crippen molar-refractivity contribution >= 4 is 17.6 Å². The van der Waals surface area contributed by atoms with Gasteiger partial charge in [0.1, 0.15) is 16.6 Å². The summed E-state index contributed by atoms with van der Waals surface area (Å²) in [7, 11) is 0. The van der Waals surface area contributed by atoms with Gasteiger partial charge in [0.05, 0.1) is 0 Å². The summed E-state index contributed by atoms with van der Waals surface area (Å²) >= 11 is 1.18. The van der Waals surface area contributed by atoms with Gasteiger partial charge in [-0.15, -0.1) is 5.10 Å². The average Bonchev–Trinajstić information content (AvgIpc) is 3.15. The first kappa shape index (κ1) is 11.9. The number of nitrogens with two attached hydrogens (primary N) is 1. The van der Waals surface area contributed by atoms with Gasteiger partial charge in [0.25, 0.3) is 0 Å². The molecule has 3 rings (SSSR count). The Morgan fingerprint density at radius 2 is 2.21 bits per heavy atom. The molecular weight excluding hydrogens is 266 g/mol. The molecule has 19 heavy (non-hydrogen) atoms. The van der Waals surface area contributed by atoms with Crippen LogP contribution in [0.5, 0.6) is 0 Å². The lowest BCUT2D eigenvalue weighted by molar-refractivity contribution is 0.642. The Bertz CT molecular complexity index is 687. The second-order valence-electron chi connectivity index (χ2n) is 4.14. The summed E-state index contributed by atoms with van der Waals surface area (Å²) in [6, 6.07) is 0.214. The molecule has 0 spiro atoms. The highest BCUT2D eigenvalue weighted by molar-refractivity contribution is 7.99. The van der Waals surface area contributed by atoms with Crippen LogP contribution in [0.3, 0.4) is 0 Å². The predicted molar refractivity (Wildman–Crippen MR) is 68.3 cm³/mol. The molecular formula is C10H11N7OS. The lowest BCUT2D eigenvalue weighted by Crippen LogP contribution is -2.17. The number of hydrogen-bond acceptors (Lipinski definition) is 6. The molecule has 2 heterocycles. The second-order valence-corrected chi connectivity index (χ2v) is 5.09. The topological polar surface area (TPSA) is 126 Å². The number of amidine groups is 1. The van der Waals surface area contributed by atoms with Gasteiger partial charge >= 0.3 is 5.69 Å². The summed E-state index contributed by atoms with van der Waals surface area (Å²) in [6.07, 6.45) is 4.94. The molecule has 98 valence electrons. The van der Waals surface area contributed by atoms with Gasteiger partial charge in [-0.2, -0.15) is 0 Å². The van der Waals surface area contributed by atoms with E-state index in [2.05, 4.69) is 20.2 Å². The molecule has 8 nitrogen and oxygen atoms in total. The summed E-state index contributed by atoms with van der Waals surface area (Å²) in [5, 5.41) is 14.9. The minimum atomic E-state index is -0.224. The van der Waals surface area contributed by atoms with Crippen molar-refractivity contribution < 1.29 is 0 Å². The van der Waals surface area contributed by atoms with Gasteiger partial charge in [-0.05, 0) is 24.6 Å². The zero-order chi connectivity index (χ0) is 13.4. The molecule has 1 aliphatic carbocycles. The average molecular weight is 277 g/mol. The van der Waals surface area contributed by atoms with Crippen molar-refractivity contribution in [1.29, 1.82) is 5.41 Å². The fourth-order valence-corrected chi connectivity index (χ4v) is 2.66. The number of nitrogens with zero attached hydrogens (tertiary/aromatic N) is 4. The molecule has 9 heteroatoms. The molecule has 1 fully saturated rings. The predicted octanol–water partition coefficient (Wildman–Crippen LogP) is 0.132. The van der Waals surface area contributed by atoms with E-state index in [0.29, 0.717) is 15.9 Å². The quantitative estimate of drug-likeness (QED) is 0.538. The molecule has 2 aromatic rings. The van der Waals surface area contributed by atoms with Crippen LogP contribution in [0.1, 0.15) is 24.6 Å². The van der Waals surface area contributed by atoms with Crippen molar-refractivity contribution in [3.63, 3.8) is 0 Å². The third kappa shape index (κ3) is 2.24. The van der Waals surface area contributed by atoms with Crippen molar-refractivity contribution in [3.05, 3.63) is 28.6 Å². The van der Waals surface area contributed by atoms with Crippen LogP contribution in [0, 0.1) is 5.41 Å². The van der Waals surface area contributed by atoms with Crippen LogP contribution >= 0.6 is 11.8 Å². The number of H-pyrrole nitrogens is 1. The number of aromatic nitrogens is 5. The van der Waals surface area contributed by atoms with Crippen molar-refractivity contribution in [2.24, 2.45) is 5.73 Å². The van der Waals surface area contributed by atoms with E-state index in [4.69, 9.17) is 11.1 Å². The Morgan fingerprint density at radius 1 is 1.47 bits per heavy atom. The molecule has 2 aromatic heterocycles. The second kappa shape index (κ2) is 4.50. The molecule has 1 saturated carbocycles. The molecule has 0 radical (unpaired) electrons. The lowest BCUT2D eigenvalue weighted by atomic mass is 10.4. The van der Waals surface area contributed by atoms with E-state index < -0.39 is 0 Å². The highest BCUT2D eigenvalue weighted by Crippen LogP contribution is 2.37. The van der Waals surface area contributed by atoms with Gasteiger partial charge < -0.3 is 5.73 Å². The van der Waals surface area contributed by atoms with E-state index >= 15 is 0 Å². The van der Waals surface area contributed by atoms with Gasteiger partial charge in [0, 0.05) is 18.4 Å². The fraction of sp³-hybridized carbons (Fsp3) is 0.300. The number of nitrogens with one attached hydrogen (secondary N) is 2. The SMILES string of the molecule is N=C(N)c1nccnc1Sc1n[nH]c(=O)n1C1CC1. The van der Waals surface area contributed by atoms with Gasteiger partial charge in [0.15, 0.2) is 5.16 Å². The minimum Gasteiger partial charge on any atom is -0.382 e. The van der Waals surface area contributed by atoms with E-state index in [-0.39, 0.29) is 17.6 Å². The first-order chi connectivity index (χ1) is 9.16. The zero-order valence-electron chi connectivity index (χ0n) is 9.83. The monoisotopic (exact) mass is 277 g/mol. The van der Waals surface area contributed by atoms with Crippen LogP contribution in [0.4, 0.5) is 0 Å². The van der Waals surface area contributed by atoms with Crippen LogP contribution < -0.4 is 11.4 Å². The fourth-order valence-electron chi connectivity index (χ4n) is 1.69. The van der Waals surface area contributed by atoms with E-state index in [0.717, 1.165) is 12.8 Å².